The van der Waals surface area contributed by atoms with Gasteiger partial charge in [-0.3, -0.25) is 5.10 Å². The van der Waals surface area contributed by atoms with Gasteiger partial charge in [-0.15, -0.1) is 0 Å². The Morgan fingerprint density at radius 1 is 1.38 bits per heavy atom. The monoisotopic (exact) mass is 312 g/mol. The molecule has 0 atom stereocenters. The second-order valence-corrected chi connectivity index (χ2v) is 6.39. The molecule has 0 aliphatic carbocycles. The largest absolute Gasteiger partial charge is 0.337 e. The van der Waals surface area contributed by atoms with Crippen LogP contribution in [-0.4, -0.2) is 34.7 Å². The summed E-state index contributed by atoms with van der Waals surface area (Å²) in [6, 6.07) is 0. The van der Waals surface area contributed by atoms with Gasteiger partial charge in [-0.05, 0) is 13.5 Å². The second-order valence-electron chi connectivity index (χ2n) is 4.68. The molecule has 21 heavy (non-hydrogen) atoms. The Morgan fingerprint density at radius 2 is 2.14 bits per heavy atom. The van der Waals surface area contributed by atoms with Crippen LogP contribution in [0.5, 0.6) is 0 Å². The number of aromatic amines is 1. The van der Waals surface area contributed by atoms with Crippen molar-refractivity contribution in [2.24, 2.45) is 7.05 Å². The molecule has 0 spiro atoms. The quantitative estimate of drug-likeness (QED) is 0.669. The summed E-state index contributed by atoms with van der Waals surface area (Å²) in [7, 11) is -1.82. The van der Waals surface area contributed by atoms with Crippen LogP contribution < -0.4 is 10.0 Å². The number of hydrogen-bond acceptors (Lipinski definition) is 5. The lowest BCUT2D eigenvalue weighted by atomic mass is 10.3. The number of H-pyrrole nitrogens is 1. The third kappa shape index (κ3) is 3.49. The van der Waals surface area contributed by atoms with Crippen molar-refractivity contribution in [1.82, 2.24) is 29.8 Å². The Hall–Kier alpha value is -1.71. The number of nitrogens with one attached hydrogen (secondary N) is 3. The van der Waals surface area contributed by atoms with E-state index in [1.165, 1.54) is 0 Å². The summed E-state index contributed by atoms with van der Waals surface area (Å²) in [6.07, 6.45) is 3.40. The van der Waals surface area contributed by atoms with Gasteiger partial charge in [0, 0.05) is 26.0 Å². The van der Waals surface area contributed by atoms with Crippen molar-refractivity contribution >= 4 is 10.0 Å². The van der Waals surface area contributed by atoms with Crippen LogP contribution in [0.4, 0.5) is 0 Å². The molecule has 2 aromatic heterocycles. The molecule has 116 valence electrons. The van der Waals surface area contributed by atoms with Crippen molar-refractivity contribution in [2.45, 2.75) is 31.8 Å². The van der Waals surface area contributed by atoms with Crippen LogP contribution in [0.1, 0.15) is 24.1 Å². The number of hydrogen-bond donors (Lipinski definition) is 3. The minimum Gasteiger partial charge on any atom is -0.337 e. The highest BCUT2D eigenvalue weighted by atomic mass is 32.2. The van der Waals surface area contributed by atoms with Crippen molar-refractivity contribution in [3.8, 4) is 0 Å². The number of nitrogens with zero attached hydrogens (tertiary/aromatic N) is 3. The zero-order valence-electron chi connectivity index (χ0n) is 12.3. The number of imidazole rings is 1. The van der Waals surface area contributed by atoms with E-state index in [0.29, 0.717) is 23.8 Å². The topological polar surface area (TPSA) is 105 Å². The fourth-order valence-corrected chi connectivity index (χ4v) is 3.33. The Labute approximate surface area is 124 Å². The highest BCUT2D eigenvalue weighted by Crippen LogP contribution is 2.17. The van der Waals surface area contributed by atoms with Crippen LogP contribution in [0.3, 0.4) is 0 Å². The number of aryl methyl sites for hydroxylation is 2. The first-order valence-corrected chi connectivity index (χ1v) is 8.14. The fourth-order valence-electron chi connectivity index (χ4n) is 1.99. The molecule has 0 radical (unpaired) electrons. The highest BCUT2D eigenvalue weighted by molar-refractivity contribution is 7.89. The van der Waals surface area contributed by atoms with Gasteiger partial charge in [0.25, 0.3) is 0 Å². The summed E-state index contributed by atoms with van der Waals surface area (Å²) in [4.78, 5) is 4.30. The third-order valence-electron chi connectivity index (χ3n) is 3.11. The molecular weight excluding hydrogens is 292 g/mol. The maximum atomic E-state index is 12.5. The summed E-state index contributed by atoms with van der Waals surface area (Å²) in [5, 5.41) is 9.86. The number of aromatic nitrogens is 4. The second kappa shape index (κ2) is 6.37. The van der Waals surface area contributed by atoms with E-state index in [4.69, 9.17) is 0 Å². The molecule has 0 bridgehead atoms. The summed E-state index contributed by atoms with van der Waals surface area (Å²) in [5.74, 6) is 0.646. The molecule has 9 heteroatoms. The van der Waals surface area contributed by atoms with Gasteiger partial charge in [-0.2, -0.15) is 5.10 Å². The first-order valence-electron chi connectivity index (χ1n) is 6.66. The van der Waals surface area contributed by atoms with Gasteiger partial charge >= 0.3 is 0 Å². The van der Waals surface area contributed by atoms with E-state index < -0.39 is 10.0 Å². The summed E-state index contributed by atoms with van der Waals surface area (Å²) in [5.41, 5.74) is 1.01. The molecular formula is C12H20N6O2S. The standard InChI is InChI=1S/C12H20N6O2S/c1-4-13-7-10-12(9(2)16-17-10)21(19,20)15-8-11-14-5-6-18(11)3/h5-6,13,15H,4,7-8H2,1-3H3,(H,16,17). The molecule has 0 fully saturated rings. The van der Waals surface area contributed by atoms with Gasteiger partial charge < -0.3 is 9.88 Å². The maximum absolute atomic E-state index is 12.5. The average Bonchev–Trinajstić information content (AvgIpc) is 3.00. The molecule has 0 unspecified atom stereocenters. The van der Waals surface area contributed by atoms with Crippen LogP contribution >= 0.6 is 0 Å². The average molecular weight is 312 g/mol. The molecule has 2 rings (SSSR count). The van der Waals surface area contributed by atoms with Crippen molar-refractivity contribution in [1.29, 1.82) is 0 Å². The Morgan fingerprint density at radius 3 is 2.76 bits per heavy atom. The third-order valence-corrected chi connectivity index (χ3v) is 4.72. The zero-order valence-corrected chi connectivity index (χ0v) is 13.2. The maximum Gasteiger partial charge on any atom is 0.244 e. The van der Waals surface area contributed by atoms with Crippen LogP contribution in [0.15, 0.2) is 17.3 Å². The molecule has 0 saturated carbocycles. The van der Waals surface area contributed by atoms with Gasteiger partial charge in [0.1, 0.15) is 10.7 Å². The van der Waals surface area contributed by atoms with Crippen molar-refractivity contribution in [3.63, 3.8) is 0 Å². The summed E-state index contributed by atoms with van der Waals surface area (Å²) >= 11 is 0. The summed E-state index contributed by atoms with van der Waals surface area (Å²) in [6.45, 7) is 4.92. The predicted molar refractivity (Wildman–Crippen MR) is 77.9 cm³/mol. The van der Waals surface area contributed by atoms with Crippen LogP contribution in [0.25, 0.3) is 0 Å². The highest BCUT2D eigenvalue weighted by Gasteiger charge is 2.24. The van der Waals surface area contributed by atoms with Crippen molar-refractivity contribution in [3.05, 3.63) is 29.6 Å². The first kappa shape index (κ1) is 15.7. The molecule has 0 aromatic carbocycles. The van der Waals surface area contributed by atoms with Gasteiger partial charge in [0.05, 0.1) is 17.9 Å². The zero-order chi connectivity index (χ0) is 15.5. The van der Waals surface area contributed by atoms with E-state index in [2.05, 4.69) is 25.2 Å². The van der Waals surface area contributed by atoms with E-state index in [1.807, 2.05) is 14.0 Å². The van der Waals surface area contributed by atoms with Crippen molar-refractivity contribution < 1.29 is 8.42 Å². The molecule has 0 aliphatic heterocycles. The molecule has 0 saturated heterocycles. The van der Waals surface area contributed by atoms with E-state index in [9.17, 15) is 8.42 Å². The SMILES string of the molecule is CCNCc1n[nH]c(C)c1S(=O)(=O)NCc1nccn1C. The Bertz CT molecular complexity index is 703. The Balaban J connectivity index is 2.19. The smallest absolute Gasteiger partial charge is 0.244 e. The van der Waals surface area contributed by atoms with Gasteiger partial charge in [-0.1, -0.05) is 6.92 Å². The van der Waals surface area contributed by atoms with Gasteiger partial charge in [0.2, 0.25) is 10.0 Å². The summed E-state index contributed by atoms with van der Waals surface area (Å²) < 4.78 is 29.3. The van der Waals surface area contributed by atoms with Crippen molar-refractivity contribution in [2.75, 3.05) is 6.54 Å². The number of sulfonamides is 1. The lowest BCUT2D eigenvalue weighted by molar-refractivity contribution is 0.574. The number of rotatable bonds is 7. The van der Waals surface area contributed by atoms with Crippen LogP contribution in [0, 0.1) is 6.92 Å². The molecule has 0 aliphatic rings. The van der Waals surface area contributed by atoms with Crippen LogP contribution in [-0.2, 0) is 30.2 Å². The van der Waals surface area contributed by atoms with Gasteiger partial charge in [0.15, 0.2) is 0 Å². The first-order chi connectivity index (χ1) is 9.95. The molecule has 0 amide bonds. The predicted octanol–water partition coefficient (Wildman–Crippen LogP) is 0.0396. The molecule has 2 aromatic rings. The lowest BCUT2D eigenvalue weighted by Crippen LogP contribution is -2.26. The van der Waals surface area contributed by atoms with E-state index in [-0.39, 0.29) is 11.4 Å². The molecule has 2 heterocycles. The normalized spacial score (nSPS) is 12.0. The van der Waals surface area contributed by atoms with Crippen LogP contribution in [0.2, 0.25) is 0 Å². The van der Waals surface area contributed by atoms with E-state index >= 15 is 0 Å². The van der Waals surface area contributed by atoms with E-state index in [0.717, 1.165) is 6.54 Å². The Kier molecular flexibility index (Phi) is 4.76. The minimum absolute atomic E-state index is 0.136. The molecule has 3 N–H and O–H groups in total. The van der Waals surface area contributed by atoms with Gasteiger partial charge in [-0.25, -0.2) is 18.1 Å². The molecule has 8 nitrogen and oxygen atoms in total. The fraction of sp³-hybridized carbons (Fsp3) is 0.500. The minimum atomic E-state index is -3.64. The lowest BCUT2D eigenvalue weighted by Gasteiger charge is -2.08. The van der Waals surface area contributed by atoms with E-state index in [1.54, 1.807) is 23.9 Å².